The molecule has 2 aromatic heterocycles. The van der Waals surface area contributed by atoms with E-state index in [2.05, 4.69) is 31.1 Å². The maximum absolute atomic E-state index is 16.3. The molecule has 2 aliphatic rings. The van der Waals surface area contributed by atoms with E-state index in [0.717, 1.165) is 36.7 Å². The van der Waals surface area contributed by atoms with Crippen LogP contribution in [0.15, 0.2) is 36.5 Å². The maximum Gasteiger partial charge on any atom is 0.319 e. The fraction of sp³-hybridized carbons (Fsp3) is 0.296. The van der Waals surface area contributed by atoms with Crippen molar-refractivity contribution in [3.63, 3.8) is 0 Å². The summed E-state index contributed by atoms with van der Waals surface area (Å²) >= 11 is 0. The predicted molar refractivity (Wildman–Crippen MR) is 136 cm³/mol. The number of hydrogen-bond donors (Lipinski definition) is 2. The molecule has 7 nitrogen and oxygen atoms in total. The van der Waals surface area contributed by atoms with Crippen LogP contribution in [0.2, 0.25) is 0 Å². The van der Waals surface area contributed by atoms with Crippen molar-refractivity contribution in [2.75, 3.05) is 30.3 Å². The van der Waals surface area contributed by atoms with Gasteiger partial charge in [-0.1, -0.05) is 18.1 Å². The second-order valence-corrected chi connectivity index (χ2v) is 9.11. The highest BCUT2D eigenvalue weighted by molar-refractivity contribution is 6.03. The second kappa shape index (κ2) is 8.36. The van der Waals surface area contributed by atoms with Crippen LogP contribution >= 0.6 is 0 Å². The summed E-state index contributed by atoms with van der Waals surface area (Å²) < 4.78 is 21.9. The number of rotatable bonds is 4. The van der Waals surface area contributed by atoms with Crippen molar-refractivity contribution < 1.29 is 9.13 Å². The zero-order valence-corrected chi connectivity index (χ0v) is 19.4. The highest BCUT2D eigenvalue weighted by Crippen LogP contribution is 2.38. The Bertz CT molecular complexity index is 1500. The van der Waals surface area contributed by atoms with Gasteiger partial charge >= 0.3 is 6.01 Å². The number of benzene rings is 2. The first-order valence-electron chi connectivity index (χ1n) is 11.8. The Labute approximate surface area is 202 Å². The lowest BCUT2D eigenvalue weighted by Crippen LogP contribution is -2.51. The average molecular weight is 469 g/mol. The zero-order valence-electron chi connectivity index (χ0n) is 19.4. The number of pyridine rings is 1. The van der Waals surface area contributed by atoms with Crippen molar-refractivity contribution in [1.29, 1.82) is 0 Å². The largest absolute Gasteiger partial charge is 0.464 e. The number of piperazine rings is 1. The van der Waals surface area contributed by atoms with E-state index in [4.69, 9.17) is 16.9 Å². The van der Waals surface area contributed by atoms with Crippen LogP contribution in [-0.2, 0) is 0 Å². The van der Waals surface area contributed by atoms with E-state index in [9.17, 15) is 0 Å². The molecule has 4 aromatic rings. The first-order valence-corrected chi connectivity index (χ1v) is 11.8. The quantitative estimate of drug-likeness (QED) is 0.347. The number of fused-ring (bicyclic) bond motifs is 4. The summed E-state index contributed by atoms with van der Waals surface area (Å²) in [7, 11) is 0. The van der Waals surface area contributed by atoms with Gasteiger partial charge in [0.2, 0.25) is 0 Å². The number of nitrogens with one attached hydrogen (secondary N) is 1. The van der Waals surface area contributed by atoms with Crippen LogP contribution in [-0.4, -0.2) is 46.7 Å². The van der Waals surface area contributed by atoms with Crippen molar-refractivity contribution in [3.8, 4) is 29.6 Å². The Kier molecular flexibility index (Phi) is 5.15. The Morgan fingerprint density at radius 3 is 2.77 bits per heavy atom. The molecule has 0 amide bonds. The number of ether oxygens (including phenoxy) is 1. The fourth-order valence-corrected chi connectivity index (χ4v) is 5.37. The summed E-state index contributed by atoms with van der Waals surface area (Å²) in [6.07, 6.45) is 9.67. The fourth-order valence-electron chi connectivity index (χ4n) is 5.37. The molecular formula is C27H25FN6O. The molecule has 2 fully saturated rings. The van der Waals surface area contributed by atoms with Crippen molar-refractivity contribution in [2.24, 2.45) is 0 Å². The molecule has 176 valence electrons. The minimum atomic E-state index is -0.552. The van der Waals surface area contributed by atoms with E-state index in [1.807, 2.05) is 31.2 Å². The predicted octanol–water partition coefficient (Wildman–Crippen LogP) is 3.89. The van der Waals surface area contributed by atoms with Crippen molar-refractivity contribution >= 4 is 33.2 Å². The molecule has 2 saturated heterocycles. The molecule has 35 heavy (non-hydrogen) atoms. The highest BCUT2D eigenvalue weighted by atomic mass is 19.1. The molecule has 6 rings (SSSR count). The van der Waals surface area contributed by atoms with Crippen LogP contribution in [0.5, 0.6) is 6.01 Å². The minimum Gasteiger partial charge on any atom is -0.464 e. The Morgan fingerprint density at radius 2 is 2.03 bits per heavy atom. The topological polar surface area (TPSA) is 89.2 Å². The molecule has 2 atom stereocenters. The summed E-state index contributed by atoms with van der Waals surface area (Å²) in [4.78, 5) is 15.9. The second-order valence-electron chi connectivity index (χ2n) is 9.11. The first-order chi connectivity index (χ1) is 17.1. The minimum absolute atomic E-state index is 0.143. The Balaban J connectivity index is 1.58. The van der Waals surface area contributed by atoms with E-state index >= 15 is 4.39 Å². The Morgan fingerprint density at radius 1 is 1.23 bits per heavy atom. The van der Waals surface area contributed by atoms with Gasteiger partial charge in [-0.25, -0.2) is 4.39 Å². The van der Waals surface area contributed by atoms with E-state index in [-0.39, 0.29) is 17.2 Å². The van der Waals surface area contributed by atoms with E-state index in [1.165, 1.54) is 0 Å². The molecule has 8 heteroatoms. The third kappa shape index (κ3) is 3.60. The van der Waals surface area contributed by atoms with E-state index in [0.29, 0.717) is 46.7 Å². The van der Waals surface area contributed by atoms with Gasteiger partial charge in [0, 0.05) is 53.6 Å². The number of aromatic nitrogens is 3. The molecule has 0 spiro atoms. The summed E-state index contributed by atoms with van der Waals surface area (Å²) in [5.41, 5.74) is 8.16. The average Bonchev–Trinajstić information content (AvgIpc) is 3.20. The van der Waals surface area contributed by atoms with Gasteiger partial charge in [0.05, 0.1) is 12.0 Å². The lowest BCUT2D eigenvalue weighted by atomic mass is 9.96. The summed E-state index contributed by atoms with van der Waals surface area (Å²) in [5.74, 6) is 2.80. The van der Waals surface area contributed by atoms with Crippen molar-refractivity contribution in [3.05, 3.63) is 47.9 Å². The SMILES string of the molecule is C#Cc1cccc2cc(N)cc(-c3ncc4c(N5CC6CCC(C5)N6)nc(OCC)nc4c3F)c12. The first kappa shape index (κ1) is 21.6. The smallest absolute Gasteiger partial charge is 0.319 e. The third-order valence-corrected chi connectivity index (χ3v) is 6.84. The molecule has 2 aromatic carbocycles. The molecule has 3 N–H and O–H groups in total. The lowest BCUT2D eigenvalue weighted by Gasteiger charge is -2.34. The molecule has 0 radical (unpaired) electrons. The van der Waals surface area contributed by atoms with Crippen LogP contribution in [0.3, 0.4) is 0 Å². The van der Waals surface area contributed by atoms with Gasteiger partial charge in [-0.15, -0.1) is 6.42 Å². The van der Waals surface area contributed by atoms with Crippen LogP contribution < -0.4 is 20.7 Å². The maximum atomic E-state index is 16.3. The number of halogens is 1. The molecule has 0 saturated carbocycles. The number of nitrogen functional groups attached to an aromatic ring is 1. The highest BCUT2D eigenvalue weighted by Gasteiger charge is 2.34. The molecule has 4 heterocycles. The summed E-state index contributed by atoms with van der Waals surface area (Å²) in [6.45, 7) is 3.82. The van der Waals surface area contributed by atoms with Gasteiger partial charge < -0.3 is 20.7 Å². The standard InChI is InChI=1S/C27H25FN6O/c1-3-15-6-5-7-16-10-17(29)11-20(22(15)16)24-23(28)25-21(12-30-24)26(33-27(32-25)35-4-2)34-13-18-8-9-19(14-34)31-18/h1,5-7,10-12,18-19,31H,4,8-9,13-14,29H2,2H3. The normalized spacial score (nSPS) is 19.3. The van der Waals surface area contributed by atoms with Crippen molar-refractivity contribution in [1.82, 2.24) is 20.3 Å². The van der Waals surface area contributed by atoms with Gasteiger partial charge in [-0.2, -0.15) is 9.97 Å². The lowest BCUT2D eigenvalue weighted by molar-refractivity contribution is 0.313. The van der Waals surface area contributed by atoms with Crippen LogP contribution in [0.4, 0.5) is 15.9 Å². The molecule has 2 bridgehead atoms. The van der Waals surface area contributed by atoms with E-state index in [1.54, 1.807) is 12.3 Å². The molecule has 2 aliphatic heterocycles. The number of terminal acetylenes is 1. The van der Waals surface area contributed by atoms with Gasteiger partial charge in [0.15, 0.2) is 5.82 Å². The Hall–Kier alpha value is -3.96. The monoisotopic (exact) mass is 468 g/mol. The number of nitrogens with two attached hydrogens (primary N) is 1. The molecular weight excluding hydrogens is 443 g/mol. The van der Waals surface area contributed by atoms with Gasteiger partial charge in [-0.05, 0) is 43.4 Å². The van der Waals surface area contributed by atoms with Gasteiger partial charge in [0.25, 0.3) is 0 Å². The summed E-state index contributed by atoms with van der Waals surface area (Å²) in [5, 5.41) is 5.73. The molecule has 2 unspecified atom stereocenters. The number of hydrogen-bond acceptors (Lipinski definition) is 7. The van der Waals surface area contributed by atoms with Crippen molar-refractivity contribution in [2.45, 2.75) is 31.8 Å². The number of anilines is 2. The molecule has 0 aliphatic carbocycles. The van der Waals surface area contributed by atoms with Gasteiger partial charge in [-0.3, -0.25) is 4.98 Å². The van der Waals surface area contributed by atoms with Crippen LogP contribution in [0.25, 0.3) is 32.9 Å². The zero-order chi connectivity index (χ0) is 24.1. The third-order valence-electron chi connectivity index (χ3n) is 6.84. The van der Waals surface area contributed by atoms with E-state index < -0.39 is 5.82 Å². The van der Waals surface area contributed by atoms with Crippen LogP contribution in [0, 0.1) is 18.2 Å². The van der Waals surface area contributed by atoms with Crippen LogP contribution in [0.1, 0.15) is 25.3 Å². The summed E-state index contributed by atoms with van der Waals surface area (Å²) in [6, 6.07) is 10.1. The van der Waals surface area contributed by atoms with Gasteiger partial charge in [0.1, 0.15) is 17.0 Å². The number of nitrogens with zero attached hydrogens (tertiary/aromatic N) is 4.